The summed E-state index contributed by atoms with van der Waals surface area (Å²) in [6.45, 7) is 2.61. The van der Waals surface area contributed by atoms with Gasteiger partial charge >= 0.3 is 0 Å². The molecule has 90 valence electrons. The second-order valence-electron chi connectivity index (χ2n) is 3.50. The minimum absolute atomic E-state index is 0.583. The van der Waals surface area contributed by atoms with E-state index in [1.165, 1.54) is 0 Å². The monoisotopic (exact) mass is 233 g/mol. The lowest BCUT2D eigenvalue weighted by atomic mass is 10.4. The van der Waals surface area contributed by atoms with Gasteiger partial charge in [-0.3, -0.25) is 0 Å². The fraction of sp³-hybridized carbons (Fsp3) is 0.364. The van der Waals surface area contributed by atoms with Crippen molar-refractivity contribution < 1.29 is 4.52 Å². The smallest absolute Gasteiger partial charge is 0.132 e. The van der Waals surface area contributed by atoms with E-state index in [9.17, 15) is 0 Å². The van der Waals surface area contributed by atoms with E-state index >= 15 is 0 Å². The first kappa shape index (κ1) is 11.4. The molecule has 6 heteroatoms. The standard InChI is InChI=1S/C11H15N5O/c1-3-9-14-10(12-2)6-11(15-9)13-7-8-4-5-17-16-8/h4-6H,3,7H2,1-2H3,(H2,12,13,14,15). The molecule has 0 aliphatic rings. The minimum atomic E-state index is 0.583. The lowest BCUT2D eigenvalue weighted by molar-refractivity contribution is 0.412. The van der Waals surface area contributed by atoms with Crippen LogP contribution >= 0.6 is 0 Å². The molecule has 0 spiro atoms. The second kappa shape index (κ2) is 5.29. The van der Waals surface area contributed by atoms with Crippen molar-refractivity contribution in [1.29, 1.82) is 0 Å². The lowest BCUT2D eigenvalue weighted by Gasteiger charge is -2.07. The molecule has 0 amide bonds. The van der Waals surface area contributed by atoms with E-state index in [0.29, 0.717) is 6.54 Å². The number of rotatable bonds is 5. The van der Waals surface area contributed by atoms with E-state index in [1.807, 2.05) is 26.1 Å². The first-order chi connectivity index (χ1) is 8.31. The summed E-state index contributed by atoms with van der Waals surface area (Å²) < 4.78 is 4.76. The SMILES string of the molecule is CCc1nc(NC)cc(NCc2ccon2)n1. The van der Waals surface area contributed by atoms with Gasteiger partial charge in [0.2, 0.25) is 0 Å². The minimum Gasteiger partial charge on any atom is -0.373 e. The maximum atomic E-state index is 4.76. The van der Waals surface area contributed by atoms with Crippen LogP contribution in [0.5, 0.6) is 0 Å². The Morgan fingerprint density at radius 2 is 2.12 bits per heavy atom. The summed E-state index contributed by atoms with van der Waals surface area (Å²) in [5, 5.41) is 10.0. The number of anilines is 2. The number of nitrogens with zero attached hydrogens (tertiary/aromatic N) is 3. The van der Waals surface area contributed by atoms with Gasteiger partial charge in [0.15, 0.2) is 0 Å². The molecule has 0 saturated carbocycles. The average Bonchev–Trinajstić information content (AvgIpc) is 2.89. The summed E-state index contributed by atoms with van der Waals surface area (Å²) in [4.78, 5) is 8.70. The zero-order valence-electron chi connectivity index (χ0n) is 9.90. The van der Waals surface area contributed by atoms with Crippen LogP contribution in [0.1, 0.15) is 18.4 Å². The van der Waals surface area contributed by atoms with Gasteiger partial charge in [0.25, 0.3) is 0 Å². The predicted molar refractivity (Wildman–Crippen MR) is 64.8 cm³/mol. The summed E-state index contributed by atoms with van der Waals surface area (Å²) in [6, 6.07) is 3.67. The van der Waals surface area contributed by atoms with Crippen molar-refractivity contribution in [2.24, 2.45) is 0 Å². The van der Waals surface area contributed by atoms with Crippen molar-refractivity contribution in [3.63, 3.8) is 0 Å². The second-order valence-corrected chi connectivity index (χ2v) is 3.50. The van der Waals surface area contributed by atoms with Gasteiger partial charge in [-0.25, -0.2) is 9.97 Å². The molecule has 2 aromatic rings. The normalized spacial score (nSPS) is 10.2. The molecule has 2 aromatic heterocycles. The largest absolute Gasteiger partial charge is 0.373 e. The molecule has 0 radical (unpaired) electrons. The molecule has 0 aliphatic heterocycles. The summed E-state index contributed by atoms with van der Waals surface area (Å²) in [5.74, 6) is 2.39. The van der Waals surface area contributed by atoms with E-state index in [0.717, 1.165) is 29.6 Å². The average molecular weight is 233 g/mol. The van der Waals surface area contributed by atoms with Gasteiger partial charge in [-0.1, -0.05) is 12.1 Å². The van der Waals surface area contributed by atoms with Crippen molar-refractivity contribution in [3.8, 4) is 0 Å². The Morgan fingerprint density at radius 3 is 2.76 bits per heavy atom. The van der Waals surface area contributed by atoms with Crippen LogP contribution in [0.4, 0.5) is 11.6 Å². The highest BCUT2D eigenvalue weighted by Crippen LogP contribution is 2.12. The van der Waals surface area contributed by atoms with Crippen LogP contribution < -0.4 is 10.6 Å². The zero-order chi connectivity index (χ0) is 12.1. The number of aryl methyl sites for hydroxylation is 1. The highest BCUT2D eigenvalue weighted by Gasteiger charge is 2.03. The number of aromatic nitrogens is 3. The van der Waals surface area contributed by atoms with Crippen molar-refractivity contribution in [2.45, 2.75) is 19.9 Å². The molecule has 2 rings (SSSR count). The Labute approximate surface area is 99.5 Å². The molecule has 0 atom stereocenters. The summed E-state index contributed by atoms with van der Waals surface area (Å²) in [5.41, 5.74) is 0.840. The summed E-state index contributed by atoms with van der Waals surface area (Å²) in [6.07, 6.45) is 2.35. The van der Waals surface area contributed by atoms with Gasteiger partial charge in [0, 0.05) is 25.6 Å². The Hall–Kier alpha value is -2.11. The van der Waals surface area contributed by atoms with Crippen LogP contribution in [0.2, 0.25) is 0 Å². The van der Waals surface area contributed by atoms with Gasteiger partial charge in [-0.2, -0.15) is 0 Å². The van der Waals surface area contributed by atoms with Crippen LogP contribution in [0.25, 0.3) is 0 Å². The third kappa shape index (κ3) is 2.93. The summed E-state index contributed by atoms with van der Waals surface area (Å²) in [7, 11) is 1.84. The maximum Gasteiger partial charge on any atom is 0.132 e. The first-order valence-electron chi connectivity index (χ1n) is 5.50. The van der Waals surface area contributed by atoms with E-state index in [4.69, 9.17) is 4.52 Å². The zero-order valence-corrected chi connectivity index (χ0v) is 9.90. The van der Waals surface area contributed by atoms with Crippen molar-refractivity contribution in [2.75, 3.05) is 17.7 Å². The van der Waals surface area contributed by atoms with E-state index in [-0.39, 0.29) is 0 Å². The lowest BCUT2D eigenvalue weighted by Crippen LogP contribution is -2.06. The maximum absolute atomic E-state index is 4.76. The fourth-order valence-corrected chi connectivity index (χ4v) is 1.38. The van der Waals surface area contributed by atoms with E-state index < -0.39 is 0 Å². The quantitative estimate of drug-likeness (QED) is 0.818. The van der Waals surface area contributed by atoms with Gasteiger partial charge in [0.1, 0.15) is 29.4 Å². The molecule has 2 N–H and O–H groups in total. The van der Waals surface area contributed by atoms with Crippen LogP contribution in [0.15, 0.2) is 22.9 Å². The third-order valence-corrected chi connectivity index (χ3v) is 2.29. The van der Waals surface area contributed by atoms with E-state index in [1.54, 1.807) is 6.26 Å². The molecule has 0 fully saturated rings. The van der Waals surface area contributed by atoms with E-state index in [2.05, 4.69) is 25.8 Å². The van der Waals surface area contributed by atoms with Crippen LogP contribution in [-0.4, -0.2) is 22.2 Å². The number of hydrogen-bond acceptors (Lipinski definition) is 6. The Balaban J connectivity index is 2.09. The van der Waals surface area contributed by atoms with Crippen LogP contribution in [0.3, 0.4) is 0 Å². The first-order valence-corrected chi connectivity index (χ1v) is 5.50. The van der Waals surface area contributed by atoms with Gasteiger partial charge in [-0.15, -0.1) is 0 Å². The summed E-state index contributed by atoms with van der Waals surface area (Å²) >= 11 is 0. The van der Waals surface area contributed by atoms with Crippen LogP contribution in [0, 0.1) is 0 Å². The van der Waals surface area contributed by atoms with Gasteiger partial charge in [-0.05, 0) is 0 Å². The van der Waals surface area contributed by atoms with Gasteiger partial charge < -0.3 is 15.2 Å². The van der Waals surface area contributed by atoms with Crippen molar-refractivity contribution >= 4 is 11.6 Å². The molecular weight excluding hydrogens is 218 g/mol. The Bertz CT molecular complexity index is 446. The predicted octanol–water partition coefficient (Wildman–Crippen LogP) is 1.68. The molecule has 6 nitrogen and oxygen atoms in total. The Kier molecular flexibility index (Phi) is 3.54. The molecule has 0 unspecified atom stereocenters. The van der Waals surface area contributed by atoms with Crippen molar-refractivity contribution in [3.05, 3.63) is 29.9 Å². The number of nitrogens with one attached hydrogen (secondary N) is 2. The molecule has 2 heterocycles. The number of hydrogen-bond donors (Lipinski definition) is 2. The molecule has 0 bridgehead atoms. The highest BCUT2D eigenvalue weighted by atomic mass is 16.5. The molecule has 0 saturated heterocycles. The van der Waals surface area contributed by atoms with Gasteiger partial charge in [0.05, 0.1) is 6.54 Å². The van der Waals surface area contributed by atoms with Crippen molar-refractivity contribution in [1.82, 2.24) is 15.1 Å². The molecular formula is C11H15N5O. The topological polar surface area (TPSA) is 75.9 Å². The highest BCUT2D eigenvalue weighted by molar-refractivity contribution is 5.47. The molecule has 0 aromatic carbocycles. The third-order valence-electron chi connectivity index (χ3n) is 2.29. The fourth-order valence-electron chi connectivity index (χ4n) is 1.38. The Morgan fingerprint density at radius 1 is 1.29 bits per heavy atom. The molecule has 17 heavy (non-hydrogen) atoms. The van der Waals surface area contributed by atoms with Crippen LogP contribution in [-0.2, 0) is 13.0 Å². The molecule has 0 aliphatic carbocycles.